The van der Waals surface area contributed by atoms with E-state index in [9.17, 15) is 4.79 Å². The van der Waals surface area contributed by atoms with Gasteiger partial charge in [-0.2, -0.15) is 0 Å². The van der Waals surface area contributed by atoms with E-state index in [4.69, 9.17) is 11.6 Å². The number of rotatable bonds is 3. The predicted molar refractivity (Wildman–Crippen MR) is 103 cm³/mol. The van der Waals surface area contributed by atoms with E-state index in [0.29, 0.717) is 22.4 Å². The molecule has 1 aromatic heterocycles. The molecule has 1 aliphatic rings. The summed E-state index contributed by atoms with van der Waals surface area (Å²) in [5, 5.41) is 3.38. The minimum atomic E-state index is -0.284. The van der Waals surface area contributed by atoms with Gasteiger partial charge in [-0.15, -0.1) is 0 Å². The summed E-state index contributed by atoms with van der Waals surface area (Å²) in [6.07, 6.45) is 2.56. The number of benzene rings is 2. The summed E-state index contributed by atoms with van der Waals surface area (Å²) in [6.45, 7) is 1.58. The lowest BCUT2D eigenvalue weighted by atomic mass is 10.0. The van der Waals surface area contributed by atoms with Crippen LogP contribution in [-0.2, 0) is 13.0 Å². The number of nitrogens with one attached hydrogen (secondary N) is 1. The van der Waals surface area contributed by atoms with E-state index in [1.54, 1.807) is 36.5 Å². The van der Waals surface area contributed by atoms with Crippen LogP contribution in [0.2, 0.25) is 5.02 Å². The van der Waals surface area contributed by atoms with E-state index in [1.807, 2.05) is 6.07 Å². The Labute approximate surface area is 156 Å². The fourth-order valence-electron chi connectivity index (χ4n) is 3.06. The van der Waals surface area contributed by atoms with Crippen molar-refractivity contribution in [3.8, 4) is 0 Å². The first-order chi connectivity index (χ1) is 12.7. The molecule has 1 aliphatic heterocycles. The van der Waals surface area contributed by atoms with Gasteiger partial charge in [-0.1, -0.05) is 41.9 Å². The van der Waals surface area contributed by atoms with Crippen LogP contribution in [0.1, 0.15) is 21.6 Å². The van der Waals surface area contributed by atoms with Gasteiger partial charge < -0.3 is 10.2 Å². The number of aromatic nitrogens is 2. The highest BCUT2D eigenvalue weighted by Gasteiger charge is 2.19. The lowest BCUT2D eigenvalue weighted by Gasteiger charge is -2.28. The first kappa shape index (κ1) is 16.5. The largest absolute Gasteiger partial charge is 0.336 e. The molecule has 0 fully saturated rings. The zero-order valence-electron chi connectivity index (χ0n) is 14.0. The maximum absolute atomic E-state index is 12.5. The van der Waals surface area contributed by atoms with Gasteiger partial charge in [0.2, 0.25) is 5.95 Å². The molecule has 0 spiro atoms. The summed E-state index contributed by atoms with van der Waals surface area (Å²) >= 11 is 5.96. The van der Waals surface area contributed by atoms with Crippen molar-refractivity contribution in [1.29, 1.82) is 0 Å². The number of hydrogen-bond acceptors (Lipinski definition) is 4. The molecule has 1 amide bonds. The molecule has 5 nitrogen and oxygen atoms in total. The monoisotopic (exact) mass is 364 g/mol. The molecule has 1 N–H and O–H groups in total. The molecule has 0 saturated heterocycles. The summed E-state index contributed by atoms with van der Waals surface area (Å²) in [7, 11) is 0. The third-order valence-corrected chi connectivity index (χ3v) is 4.61. The van der Waals surface area contributed by atoms with Crippen LogP contribution in [-0.4, -0.2) is 22.4 Å². The number of carbonyl (C=O) groups excluding carboxylic acids is 1. The second-order valence-electron chi connectivity index (χ2n) is 6.15. The SMILES string of the molecule is O=C(Nc1cccc(Cl)c1)c1ccnc(N2CCc3ccccc3C2)n1. The van der Waals surface area contributed by atoms with Gasteiger partial charge in [0.05, 0.1) is 0 Å². The maximum Gasteiger partial charge on any atom is 0.274 e. The number of fused-ring (bicyclic) bond motifs is 1. The Morgan fingerprint density at radius 2 is 1.92 bits per heavy atom. The molecule has 0 unspecified atom stereocenters. The Hall–Kier alpha value is -2.92. The Kier molecular flexibility index (Phi) is 4.54. The lowest BCUT2D eigenvalue weighted by molar-refractivity contribution is 0.102. The van der Waals surface area contributed by atoms with Crippen molar-refractivity contribution in [3.05, 3.63) is 82.6 Å². The van der Waals surface area contributed by atoms with Crippen molar-refractivity contribution in [1.82, 2.24) is 9.97 Å². The second kappa shape index (κ2) is 7.14. The fraction of sp³-hybridized carbons (Fsp3) is 0.150. The summed E-state index contributed by atoms with van der Waals surface area (Å²) in [5.74, 6) is 0.284. The quantitative estimate of drug-likeness (QED) is 0.764. The normalized spacial score (nSPS) is 13.2. The minimum absolute atomic E-state index is 0.284. The third-order valence-electron chi connectivity index (χ3n) is 4.37. The highest BCUT2D eigenvalue weighted by atomic mass is 35.5. The molecule has 6 heteroatoms. The van der Waals surface area contributed by atoms with E-state index >= 15 is 0 Å². The molecule has 4 rings (SSSR count). The maximum atomic E-state index is 12.5. The van der Waals surface area contributed by atoms with Crippen molar-refractivity contribution in [2.75, 3.05) is 16.8 Å². The van der Waals surface area contributed by atoms with E-state index in [-0.39, 0.29) is 5.91 Å². The molecule has 3 aromatic rings. The molecule has 0 aliphatic carbocycles. The number of nitrogens with zero attached hydrogens (tertiary/aromatic N) is 3. The fourth-order valence-corrected chi connectivity index (χ4v) is 3.25. The Balaban J connectivity index is 1.53. The van der Waals surface area contributed by atoms with Gasteiger partial charge >= 0.3 is 0 Å². The zero-order chi connectivity index (χ0) is 17.9. The molecule has 130 valence electrons. The van der Waals surface area contributed by atoms with Gasteiger partial charge in [0.25, 0.3) is 5.91 Å². The molecule has 2 aromatic carbocycles. The highest BCUT2D eigenvalue weighted by Crippen LogP contribution is 2.22. The number of halogens is 1. The van der Waals surface area contributed by atoms with Crippen molar-refractivity contribution in [2.45, 2.75) is 13.0 Å². The van der Waals surface area contributed by atoms with Crippen LogP contribution in [0, 0.1) is 0 Å². The van der Waals surface area contributed by atoms with E-state index in [1.165, 1.54) is 11.1 Å². The third kappa shape index (κ3) is 3.53. The number of amides is 1. The van der Waals surface area contributed by atoms with E-state index in [2.05, 4.69) is 38.4 Å². The van der Waals surface area contributed by atoms with Gasteiger partial charge in [-0.3, -0.25) is 4.79 Å². The first-order valence-corrected chi connectivity index (χ1v) is 8.78. The summed E-state index contributed by atoms with van der Waals surface area (Å²) in [4.78, 5) is 23.4. The molecule has 0 saturated carbocycles. The molecule has 0 radical (unpaired) electrons. The molecular weight excluding hydrogens is 348 g/mol. The van der Waals surface area contributed by atoms with Gasteiger partial charge in [-0.05, 0) is 41.8 Å². The average molecular weight is 365 g/mol. The van der Waals surface area contributed by atoms with Gasteiger partial charge in [0.15, 0.2) is 0 Å². The Morgan fingerprint density at radius 3 is 2.77 bits per heavy atom. The molecule has 2 heterocycles. The molecule has 26 heavy (non-hydrogen) atoms. The average Bonchev–Trinajstić information content (AvgIpc) is 2.68. The summed E-state index contributed by atoms with van der Waals surface area (Å²) < 4.78 is 0. The molecule has 0 bridgehead atoms. The molecular formula is C20H17ClN4O. The van der Waals surface area contributed by atoms with Crippen LogP contribution in [0.3, 0.4) is 0 Å². The summed E-state index contributed by atoms with van der Waals surface area (Å²) in [5.41, 5.74) is 3.60. The number of anilines is 2. The highest BCUT2D eigenvalue weighted by molar-refractivity contribution is 6.30. The number of carbonyl (C=O) groups is 1. The topological polar surface area (TPSA) is 58.1 Å². The van der Waals surface area contributed by atoms with Crippen LogP contribution in [0.25, 0.3) is 0 Å². The van der Waals surface area contributed by atoms with Crippen LogP contribution < -0.4 is 10.2 Å². The Morgan fingerprint density at radius 1 is 1.08 bits per heavy atom. The van der Waals surface area contributed by atoms with Crippen molar-refractivity contribution >= 4 is 29.1 Å². The Bertz CT molecular complexity index is 960. The number of hydrogen-bond donors (Lipinski definition) is 1. The van der Waals surface area contributed by atoms with Crippen molar-refractivity contribution < 1.29 is 4.79 Å². The van der Waals surface area contributed by atoms with E-state index in [0.717, 1.165) is 19.5 Å². The standard InChI is InChI=1S/C20H17ClN4O/c21-16-6-3-7-17(12-16)23-19(26)18-8-10-22-20(24-18)25-11-9-14-4-1-2-5-15(14)13-25/h1-8,10,12H,9,11,13H2,(H,23,26). The van der Waals surface area contributed by atoms with Crippen LogP contribution >= 0.6 is 11.6 Å². The van der Waals surface area contributed by atoms with Crippen LogP contribution in [0.5, 0.6) is 0 Å². The van der Waals surface area contributed by atoms with Crippen molar-refractivity contribution in [3.63, 3.8) is 0 Å². The van der Waals surface area contributed by atoms with E-state index < -0.39 is 0 Å². The smallest absolute Gasteiger partial charge is 0.274 e. The second-order valence-corrected chi connectivity index (χ2v) is 6.58. The van der Waals surface area contributed by atoms with Gasteiger partial charge in [-0.25, -0.2) is 9.97 Å². The predicted octanol–water partition coefficient (Wildman–Crippen LogP) is 3.95. The van der Waals surface area contributed by atoms with Crippen LogP contribution in [0.4, 0.5) is 11.6 Å². The minimum Gasteiger partial charge on any atom is -0.336 e. The van der Waals surface area contributed by atoms with Crippen molar-refractivity contribution in [2.24, 2.45) is 0 Å². The van der Waals surface area contributed by atoms with Gasteiger partial charge in [0.1, 0.15) is 5.69 Å². The summed E-state index contributed by atoms with van der Waals surface area (Å²) in [6, 6.07) is 17.0. The zero-order valence-corrected chi connectivity index (χ0v) is 14.8. The van der Waals surface area contributed by atoms with Crippen LogP contribution in [0.15, 0.2) is 60.8 Å². The van der Waals surface area contributed by atoms with Gasteiger partial charge in [0, 0.05) is 30.0 Å². The first-order valence-electron chi connectivity index (χ1n) is 8.41. The lowest BCUT2D eigenvalue weighted by Crippen LogP contribution is -2.32. The molecule has 0 atom stereocenters.